The van der Waals surface area contributed by atoms with Gasteiger partial charge in [0.05, 0.1) is 43.5 Å². The first-order valence-electron chi connectivity index (χ1n) is 9.08. The number of hydrogen-bond acceptors (Lipinski definition) is 7. The molecule has 0 saturated carbocycles. The summed E-state index contributed by atoms with van der Waals surface area (Å²) in [6, 6.07) is 12.3. The van der Waals surface area contributed by atoms with Crippen molar-refractivity contribution >= 4 is 39.2 Å². The molecule has 0 bridgehead atoms. The Morgan fingerprint density at radius 2 is 1.83 bits per heavy atom. The number of carbonyl (C=O) groups is 1. The van der Waals surface area contributed by atoms with Crippen molar-refractivity contribution in [1.29, 1.82) is 0 Å². The molecule has 1 heterocycles. The summed E-state index contributed by atoms with van der Waals surface area (Å²) in [5.41, 5.74) is 7.62. The molecule has 7 nitrogen and oxygen atoms in total. The van der Waals surface area contributed by atoms with Gasteiger partial charge in [-0.2, -0.15) is 0 Å². The second-order valence-electron chi connectivity index (χ2n) is 6.11. The molecule has 3 N–H and O–H groups in total. The van der Waals surface area contributed by atoms with Crippen LogP contribution in [0.5, 0.6) is 17.2 Å². The van der Waals surface area contributed by atoms with Crippen LogP contribution in [-0.4, -0.2) is 26.6 Å². The molecule has 0 radical (unpaired) electrons. The third-order valence-electron chi connectivity index (χ3n) is 4.31. The second-order valence-corrected chi connectivity index (χ2v) is 7.13. The van der Waals surface area contributed by atoms with Gasteiger partial charge in [0.2, 0.25) is 11.5 Å². The summed E-state index contributed by atoms with van der Waals surface area (Å²) in [5, 5.41) is 3.68. The molecule has 0 aliphatic rings. The zero-order valence-corrected chi connectivity index (χ0v) is 17.6. The molecular weight excluding hydrogens is 402 g/mol. The van der Waals surface area contributed by atoms with Crippen molar-refractivity contribution in [3.05, 3.63) is 64.3 Å². The number of nitrogen functional groups attached to an aromatic ring is 1. The van der Waals surface area contributed by atoms with Crippen LogP contribution in [0.3, 0.4) is 0 Å². The van der Waals surface area contributed by atoms with E-state index < -0.39 is 0 Å². The average molecular weight is 423 g/mol. The molecule has 0 aliphatic carbocycles. The fraction of sp³-hybridized carbons (Fsp3) is 0.182. The van der Waals surface area contributed by atoms with Crippen LogP contribution in [0.2, 0.25) is 0 Å². The van der Waals surface area contributed by atoms with Crippen molar-refractivity contribution in [3.8, 4) is 17.2 Å². The van der Waals surface area contributed by atoms with E-state index >= 15 is 0 Å². The lowest BCUT2D eigenvalue weighted by molar-refractivity contribution is 0.104. The largest absolute Gasteiger partial charge is 0.497 e. The van der Waals surface area contributed by atoms with Gasteiger partial charge in [-0.25, -0.2) is 4.85 Å². The first kappa shape index (κ1) is 21.0. The topological polar surface area (TPSA) is 87.2 Å². The molecule has 0 atom stereocenters. The lowest BCUT2D eigenvalue weighted by Gasteiger charge is -2.09. The van der Waals surface area contributed by atoms with Crippen molar-refractivity contribution in [3.63, 3.8) is 0 Å². The fourth-order valence-electron chi connectivity index (χ4n) is 2.84. The number of hydrogen-bond donors (Lipinski definition) is 2. The number of ketones is 1. The van der Waals surface area contributed by atoms with Gasteiger partial charge < -0.3 is 25.3 Å². The molecule has 30 heavy (non-hydrogen) atoms. The summed E-state index contributed by atoms with van der Waals surface area (Å²) in [4.78, 5) is 17.0. The number of anilines is 3. The summed E-state index contributed by atoms with van der Waals surface area (Å²) in [6.45, 7) is 10.0. The van der Waals surface area contributed by atoms with Crippen LogP contribution in [0.15, 0.2) is 42.5 Å². The highest BCUT2D eigenvalue weighted by atomic mass is 32.1. The summed E-state index contributed by atoms with van der Waals surface area (Å²) >= 11 is 1.13. The minimum Gasteiger partial charge on any atom is -0.497 e. The van der Waals surface area contributed by atoms with Gasteiger partial charge in [0.25, 0.3) is 0 Å². The Bertz CT molecular complexity index is 1100. The monoisotopic (exact) mass is 423 g/mol. The van der Waals surface area contributed by atoms with Crippen molar-refractivity contribution in [2.75, 3.05) is 31.9 Å². The first-order chi connectivity index (χ1) is 14.5. The van der Waals surface area contributed by atoms with E-state index in [1.165, 1.54) is 14.2 Å². The number of carbonyl (C=O) groups excluding carboxylic acids is 1. The molecule has 3 rings (SSSR count). The number of nitrogens with two attached hydrogens (primary N) is 1. The van der Waals surface area contributed by atoms with Crippen molar-refractivity contribution < 1.29 is 19.0 Å². The van der Waals surface area contributed by atoms with Crippen LogP contribution >= 0.6 is 11.3 Å². The minimum absolute atomic E-state index is 0.145. The lowest BCUT2D eigenvalue weighted by atomic mass is 10.1. The fourth-order valence-corrected chi connectivity index (χ4v) is 3.87. The number of benzene rings is 2. The Morgan fingerprint density at radius 3 is 2.43 bits per heavy atom. The molecule has 0 spiro atoms. The molecule has 154 valence electrons. The molecular formula is C22H21N3O4S. The normalized spacial score (nSPS) is 10.2. The van der Waals surface area contributed by atoms with Gasteiger partial charge in [-0.1, -0.05) is 0 Å². The highest BCUT2D eigenvalue weighted by Gasteiger charge is 2.24. The SMILES string of the molecule is [C-]#[N+]c1c(Nc2ccc(OCC)cc2)sc(C(=O)c2ccc(OC)cc2OC)c1N. The highest BCUT2D eigenvalue weighted by Crippen LogP contribution is 2.45. The smallest absolute Gasteiger partial charge is 0.243 e. The molecule has 0 unspecified atom stereocenters. The summed E-state index contributed by atoms with van der Waals surface area (Å²) < 4.78 is 16.0. The quantitative estimate of drug-likeness (QED) is 0.379. The predicted octanol–water partition coefficient (Wildman–Crippen LogP) is 5.27. The molecule has 0 fully saturated rings. The maximum absolute atomic E-state index is 13.2. The van der Waals surface area contributed by atoms with Gasteiger partial charge in [-0.3, -0.25) is 4.79 Å². The van der Waals surface area contributed by atoms with Crippen molar-refractivity contribution in [2.45, 2.75) is 6.92 Å². The van der Waals surface area contributed by atoms with Crippen LogP contribution in [0.4, 0.5) is 22.1 Å². The van der Waals surface area contributed by atoms with E-state index in [-0.39, 0.29) is 22.0 Å². The first-order valence-corrected chi connectivity index (χ1v) is 9.90. The maximum atomic E-state index is 13.2. The Morgan fingerprint density at radius 1 is 1.13 bits per heavy atom. The molecule has 0 saturated heterocycles. The van der Waals surface area contributed by atoms with E-state index in [1.54, 1.807) is 18.2 Å². The third-order valence-corrected chi connectivity index (χ3v) is 5.42. The third kappa shape index (κ3) is 4.16. The van der Waals surface area contributed by atoms with Crippen LogP contribution in [0.25, 0.3) is 4.85 Å². The Kier molecular flexibility index (Phi) is 6.45. The summed E-state index contributed by atoms with van der Waals surface area (Å²) in [7, 11) is 3.02. The standard InChI is InChI=1S/C22H21N3O4S/c1-5-29-14-8-6-13(7-9-14)25-22-19(24-2)18(23)21(30-22)20(26)16-11-10-15(27-3)12-17(16)28-4/h6-12,25H,5,23H2,1,3-4H3. The van der Waals surface area contributed by atoms with Crippen LogP contribution in [0.1, 0.15) is 22.2 Å². The van der Waals surface area contributed by atoms with E-state index in [0.717, 1.165) is 22.8 Å². The molecule has 8 heteroatoms. The molecule has 0 aliphatic heterocycles. The van der Waals surface area contributed by atoms with Gasteiger partial charge in [0.1, 0.15) is 22.2 Å². The molecule has 0 amide bonds. The zero-order valence-electron chi connectivity index (χ0n) is 16.8. The zero-order chi connectivity index (χ0) is 21.7. The lowest BCUT2D eigenvalue weighted by Crippen LogP contribution is -2.04. The Balaban J connectivity index is 1.95. The van der Waals surface area contributed by atoms with E-state index in [1.807, 2.05) is 31.2 Å². The maximum Gasteiger partial charge on any atom is 0.243 e. The molecule has 1 aromatic heterocycles. The average Bonchev–Trinajstić information content (AvgIpc) is 3.09. The van der Waals surface area contributed by atoms with E-state index in [9.17, 15) is 4.79 Å². The van der Waals surface area contributed by atoms with Gasteiger partial charge >= 0.3 is 0 Å². The van der Waals surface area contributed by atoms with Crippen molar-refractivity contribution in [2.24, 2.45) is 0 Å². The van der Waals surface area contributed by atoms with Crippen LogP contribution < -0.4 is 25.3 Å². The number of thiophene rings is 1. The van der Waals surface area contributed by atoms with E-state index in [4.69, 9.17) is 26.5 Å². The van der Waals surface area contributed by atoms with E-state index in [2.05, 4.69) is 10.2 Å². The molecule has 2 aromatic carbocycles. The van der Waals surface area contributed by atoms with Gasteiger partial charge in [0, 0.05) is 11.8 Å². The number of nitrogens with zero attached hydrogens (tertiary/aromatic N) is 1. The Hall–Kier alpha value is -3.70. The number of rotatable bonds is 8. The number of methoxy groups -OCH3 is 2. The van der Waals surface area contributed by atoms with Gasteiger partial charge in [-0.15, -0.1) is 11.3 Å². The second kappa shape index (κ2) is 9.20. The van der Waals surface area contributed by atoms with Gasteiger partial charge in [-0.05, 0) is 43.3 Å². The number of nitrogens with one attached hydrogen (secondary N) is 1. The van der Waals surface area contributed by atoms with Gasteiger partial charge in [0.15, 0.2) is 0 Å². The minimum atomic E-state index is -0.318. The van der Waals surface area contributed by atoms with E-state index in [0.29, 0.717) is 28.7 Å². The summed E-state index contributed by atoms with van der Waals surface area (Å²) in [5.74, 6) is 1.38. The predicted molar refractivity (Wildman–Crippen MR) is 119 cm³/mol. The van der Waals surface area contributed by atoms with Crippen molar-refractivity contribution in [1.82, 2.24) is 0 Å². The molecule has 3 aromatic rings. The Labute approximate surface area is 178 Å². The summed E-state index contributed by atoms with van der Waals surface area (Å²) in [6.07, 6.45) is 0. The van der Waals surface area contributed by atoms with Crippen LogP contribution in [0, 0.1) is 6.57 Å². The highest BCUT2D eigenvalue weighted by molar-refractivity contribution is 7.19. The van der Waals surface area contributed by atoms with Crippen LogP contribution in [-0.2, 0) is 0 Å². The number of ether oxygens (including phenoxy) is 3.